The number of anilines is 1. The van der Waals surface area contributed by atoms with E-state index in [1.54, 1.807) is 0 Å². The standard InChI is InChI=1S/C15H23N3O/c16-10-9-14-8-4-5-11-18(14)12-15(19)17-13-6-2-1-3-7-13/h1-3,6-7,14H,4-5,8-12,16H2,(H,17,19). The summed E-state index contributed by atoms with van der Waals surface area (Å²) in [5.41, 5.74) is 6.51. The highest BCUT2D eigenvalue weighted by Gasteiger charge is 2.23. The fraction of sp³-hybridized carbons (Fsp3) is 0.533. The number of nitrogens with one attached hydrogen (secondary N) is 1. The van der Waals surface area contributed by atoms with Crippen LogP contribution < -0.4 is 11.1 Å². The van der Waals surface area contributed by atoms with Crippen LogP contribution in [0.3, 0.4) is 0 Å². The first-order valence-corrected chi connectivity index (χ1v) is 7.08. The Morgan fingerprint density at radius 2 is 2.11 bits per heavy atom. The molecule has 0 aromatic heterocycles. The Kier molecular flexibility index (Phi) is 5.36. The molecule has 1 fully saturated rings. The molecule has 1 atom stereocenters. The van der Waals surface area contributed by atoms with Crippen LogP contribution in [0.1, 0.15) is 25.7 Å². The van der Waals surface area contributed by atoms with Crippen molar-refractivity contribution < 1.29 is 4.79 Å². The fourth-order valence-electron chi connectivity index (χ4n) is 2.69. The van der Waals surface area contributed by atoms with Gasteiger partial charge in [-0.1, -0.05) is 24.6 Å². The van der Waals surface area contributed by atoms with E-state index in [-0.39, 0.29) is 5.91 Å². The molecule has 3 N–H and O–H groups in total. The smallest absolute Gasteiger partial charge is 0.238 e. The molecular formula is C15H23N3O. The number of benzene rings is 1. The van der Waals surface area contributed by atoms with Crippen LogP contribution in [0, 0.1) is 0 Å². The molecule has 1 aliphatic rings. The largest absolute Gasteiger partial charge is 0.330 e. The number of hydrogen-bond acceptors (Lipinski definition) is 3. The van der Waals surface area contributed by atoms with Gasteiger partial charge in [0.15, 0.2) is 0 Å². The molecular weight excluding hydrogens is 238 g/mol. The van der Waals surface area contributed by atoms with Crippen molar-refractivity contribution in [2.24, 2.45) is 5.73 Å². The van der Waals surface area contributed by atoms with Gasteiger partial charge in [0.1, 0.15) is 0 Å². The number of nitrogens with zero attached hydrogens (tertiary/aromatic N) is 1. The second kappa shape index (κ2) is 7.26. The molecule has 0 aliphatic carbocycles. The molecule has 0 radical (unpaired) electrons. The molecule has 1 unspecified atom stereocenters. The maximum Gasteiger partial charge on any atom is 0.238 e. The van der Waals surface area contributed by atoms with Crippen molar-refractivity contribution in [3.8, 4) is 0 Å². The zero-order valence-electron chi connectivity index (χ0n) is 11.3. The maximum atomic E-state index is 12.0. The molecule has 1 amide bonds. The topological polar surface area (TPSA) is 58.4 Å². The fourth-order valence-corrected chi connectivity index (χ4v) is 2.69. The Morgan fingerprint density at radius 1 is 1.32 bits per heavy atom. The van der Waals surface area contributed by atoms with Crippen LogP contribution in [-0.4, -0.2) is 36.5 Å². The number of likely N-dealkylation sites (tertiary alicyclic amines) is 1. The van der Waals surface area contributed by atoms with Crippen molar-refractivity contribution in [3.05, 3.63) is 30.3 Å². The van der Waals surface area contributed by atoms with E-state index < -0.39 is 0 Å². The number of carbonyl (C=O) groups is 1. The molecule has 0 saturated carbocycles. The summed E-state index contributed by atoms with van der Waals surface area (Å²) in [4.78, 5) is 14.3. The molecule has 4 nitrogen and oxygen atoms in total. The van der Waals surface area contributed by atoms with E-state index in [0.717, 1.165) is 25.1 Å². The highest BCUT2D eigenvalue weighted by molar-refractivity contribution is 5.92. The number of para-hydroxylation sites is 1. The highest BCUT2D eigenvalue weighted by atomic mass is 16.2. The summed E-state index contributed by atoms with van der Waals surface area (Å²) >= 11 is 0. The van der Waals surface area contributed by atoms with E-state index in [9.17, 15) is 4.79 Å². The average molecular weight is 261 g/mol. The van der Waals surface area contributed by atoms with E-state index in [1.807, 2.05) is 30.3 Å². The monoisotopic (exact) mass is 261 g/mol. The van der Waals surface area contributed by atoms with Gasteiger partial charge in [-0.3, -0.25) is 9.69 Å². The van der Waals surface area contributed by atoms with Gasteiger partial charge in [0.2, 0.25) is 5.91 Å². The van der Waals surface area contributed by atoms with Crippen LogP contribution in [0.2, 0.25) is 0 Å². The predicted octanol–water partition coefficient (Wildman–Crippen LogP) is 1.83. The molecule has 1 aliphatic heterocycles. The van der Waals surface area contributed by atoms with Gasteiger partial charge in [-0.25, -0.2) is 0 Å². The third-order valence-electron chi connectivity index (χ3n) is 3.65. The molecule has 1 heterocycles. The van der Waals surface area contributed by atoms with E-state index in [1.165, 1.54) is 12.8 Å². The van der Waals surface area contributed by atoms with Gasteiger partial charge in [0.25, 0.3) is 0 Å². The Bertz CT molecular complexity index is 392. The average Bonchev–Trinajstić information content (AvgIpc) is 2.42. The van der Waals surface area contributed by atoms with Gasteiger partial charge in [-0.2, -0.15) is 0 Å². The second-order valence-corrected chi connectivity index (χ2v) is 5.11. The van der Waals surface area contributed by atoms with Gasteiger partial charge in [0, 0.05) is 11.7 Å². The third-order valence-corrected chi connectivity index (χ3v) is 3.65. The number of amides is 1. The highest BCUT2D eigenvalue weighted by Crippen LogP contribution is 2.19. The molecule has 4 heteroatoms. The normalized spacial score (nSPS) is 20.2. The molecule has 1 saturated heterocycles. The van der Waals surface area contributed by atoms with E-state index in [2.05, 4.69) is 10.2 Å². The molecule has 0 spiro atoms. The van der Waals surface area contributed by atoms with E-state index in [0.29, 0.717) is 19.1 Å². The van der Waals surface area contributed by atoms with Gasteiger partial charge in [-0.05, 0) is 44.5 Å². The van der Waals surface area contributed by atoms with Gasteiger partial charge in [-0.15, -0.1) is 0 Å². The van der Waals surface area contributed by atoms with Crippen molar-refractivity contribution in [1.29, 1.82) is 0 Å². The van der Waals surface area contributed by atoms with Crippen LogP contribution in [0.5, 0.6) is 0 Å². The summed E-state index contributed by atoms with van der Waals surface area (Å²) in [6.07, 6.45) is 4.58. The van der Waals surface area contributed by atoms with Crippen molar-refractivity contribution in [2.75, 3.05) is 25.0 Å². The minimum atomic E-state index is 0.0649. The Labute approximate surface area is 115 Å². The van der Waals surface area contributed by atoms with Gasteiger partial charge < -0.3 is 11.1 Å². The zero-order chi connectivity index (χ0) is 13.5. The van der Waals surface area contributed by atoms with Gasteiger partial charge >= 0.3 is 0 Å². The molecule has 2 rings (SSSR count). The number of carbonyl (C=O) groups excluding carboxylic acids is 1. The summed E-state index contributed by atoms with van der Waals surface area (Å²) in [6, 6.07) is 10.1. The molecule has 19 heavy (non-hydrogen) atoms. The quantitative estimate of drug-likeness (QED) is 0.850. The van der Waals surface area contributed by atoms with Crippen molar-refractivity contribution >= 4 is 11.6 Å². The minimum absolute atomic E-state index is 0.0649. The summed E-state index contributed by atoms with van der Waals surface area (Å²) < 4.78 is 0. The molecule has 1 aromatic rings. The lowest BCUT2D eigenvalue weighted by Crippen LogP contribution is -2.44. The molecule has 0 bridgehead atoms. The van der Waals surface area contributed by atoms with Gasteiger partial charge in [0.05, 0.1) is 6.54 Å². The Hall–Kier alpha value is -1.39. The second-order valence-electron chi connectivity index (χ2n) is 5.11. The van der Waals surface area contributed by atoms with E-state index in [4.69, 9.17) is 5.73 Å². The minimum Gasteiger partial charge on any atom is -0.330 e. The molecule has 1 aromatic carbocycles. The van der Waals surface area contributed by atoms with Crippen LogP contribution >= 0.6 is 0 Å². The van der Waals surface area contributed by atoms with Crippen LogP contribution in [0.15, 0.2) is 30.3 Å². The van der Waals surface area contributed by atoms with Crippen molar-refractivity contribution in [2.45, 2.75) is 31.7 Å². The number of rotatable bonds is 5. The number of hydrogen-bond donors (Lipinski definition) is 2. The summed E-state index contributed by atoms with van der Waals surface area (Å²) in [5, 5.41) is 2.94. The van der Waals surface area contributed by atoms with Crippen LogP contribution in [-0.2, 0) is 4.79 Å². The number of piperidine rings is 1. The molecule has 104 valence electrons. The Balaban J connectivity index is 1.86. The van der Waals surface area contributed by atoms with Crippen molar-refractivity contribution in [3.63, 3.8) is 0 Å². The Morgan fingerprint density at radius 3 is 2.84 bits per heavy atom. The first kappa shape index (κ1) is 14.0. The van der Waals surface area contributed by atoms with Crippen LogP contribution in [0.25, 0.3) is 0 Å². The summed E-state index contributed by atoms with van der Waals surface area (Å²) in [7, 11) is 0. The maximum absolute atomic E-state index is 12.0. The van der Waals surface area contributed by atoms with Crippen molar-refractivity contribution in [1.82, 2.24) is 4.90 Å². The third kappa shape index (κ3) is 4.33. The van der Waals surface area contributed by atoms with Crippen LogP contribution in [0.4, 0.5) is 5.69 Å². The predicted molar refractivity (Wildman–Crippen MR) is 78.0 cm³/mol. The number of nitrogens with two attached hydrogens (primary N) is 1. The lowest BCUT2D eigenvalue weighted by atomic mass is 9.99. The lowest BCUT2D eigenvalue weighted by molar-refractivity contribution is -0.118. The van der Waals surface area contributed by atoms with E-state index >= 15 is 0 Å². The first-order valence-electron chi connectivity index (χ1n) is 7.08. The first-order chi connectivity index (χ1) is 9.29. The SMILES string of the molecule is NCCC1CCCCN1CC(=O)Nc1ccccc1. The zero-order valence-corrected chi connectivity index (χ0v) is 11.3. The summed E-state index contributed by atoms with van der Waals surface area (Å²) in [6.45, 7) is 2.17. The lowest BCUT2D eigenvalue weighted by Gasteiger charge is -2.35. The summed E-state index contributed by atoms with van der Waals surface area (Å²) in [5.74, 6) is 0.0649.